The average molecular weight is 371 g/mol. The molecular weight excluding hydrogens is 361 g/mol. The van der Waals surface area contributed by atoms with Crippen molar-refractivity contribution in [3.05, 3.63) is 61.9 Å². The number of benzene rings is 2. The first-order valence-electron chi connectivity index (χ1n) is 6.41. The summed E-state index contributed by atoms with van der Waals surface area (Å²) in [5.74, 6) is -0.298. The van der Waals surface area contributed by atoms with Crippen molar-refractivity contribution in [2.24, 2.45) is 0 Å². The van der Waals surface area contributed by atoms with Crippen LogP contribution in [-0.2, 0) is 0 Å². The topological polar surface area (TPSA) is 29.1 Å². The molecule has 0 saturated heterocycles. The zero-order chi connectivity index (χ0) is 15.9. The molecule has 3 aromatic rings. The molecule has 0 unspecified atom stereocenters. The maximum absolute atomic E-state index is 12.5. The average Bonchev–Trinajstić information content (AvgIpc) is 2.80. The van der Waals surface area contributed by atoms with Crippen molar-refractivity contribution >= 4 is 67.8 Å². The summed E-state index contributed by atoms with van der Waals surface area (Å²) in [6, 6.07) is 11.0. The molecular formula is C16H10Cl3NOS. The number of halogens is 3. The van der Waals surface area contributed by atoms with Gasteiger partial charge in [-0.1, -0.05) is 53.0 Å². The Labute approximate surface area is 146 Å². The second-order valence-electron chi connectivity index (χ2n) is 4.80. The van der Waals surface area contributed by atoms with E-state index >= 15 is 0 Å². The van der Waals surface area contributed by atoms with Crippen molar-refractivity contribution in [2.75, 3.05) is 5.32 Å². The monoisotopic (exact) mass is 369 g/mol. The number of fused-ring (bicyclic) bond motifs is 1. The van der Waals surface area contributed by atoms with E-state index in [4.69, 9.17) is 34.8 Å². The number of carbonyl (C=O) groups is 1. The Bertz CT molecular complexity index is 888. The van der Waals surface area contributed by atoms with Crippen molar-refractivity contribution < 1.29 is 4.79 Å². The highest BCUT2D eigenvalue weighted by Crippen LogP contribution is 2.37. The SMILES string of the molecule is Cc1ccc2c(Cl)c(C(=O)Nc3cccc(Cl)c3Cl)sc2c1. The summed E-state index contributed by atoms with van der Waals surface area (Å²) in [6.07, 6.45) is 0. The van der Waals surface area contributed by atoms with Crippen LogP contribution >= 0.6 is 46.1 Å². The van der Waals surface area contributed by atoms with Crippen LogP contribution in [0, 0.1) is 6.92 Å². The van der Waals surface area contributed by atoms with E-state index < -0.39 is 0 Å². The van der Waals surface area contributed by atoms with Crippen LogP contribution in [-0.4, -0.2) is 5.91 Å². The molecule has 2 nitrogen and oxygen atoms in total. The summed E-state index contributed by atoms with van der Waals surface area (Å²) in [5, 5.41) is 4.78. The van der Waals surface area contributed by atoms with Gasteiger partial charge in [0.25, 0.3) is 5.91 Å². The fraction of sp³-hybridized carbons (Fsp3) is 0.0625. The molecule has 3 rings (SSSR count). The number of carbonyl (C=O) groups excluding carboxylic acids is 1. The first kappa shape index (κ1) is 15.6. The van der Waals surface area contributed by atoms with Crippen molar-refractivity contribution in [3.63, 3.8) is 0 Å². The van der Waals surface area contributed by atoms with Crippen LogP contribution in [0.2, 0.25) is 15.1 Å². The maximum atomic E-state index is 12.5. The van der Waals surface area contributed by atoms with Gasteiger partial charge in [0.05, 0.1) is 20.8 Å². The Morgan fingerprint density at radius 1 is 1.09 bits per heavy atom. The molecule has 0 saturated carbocycles. The van der Waals surface area contributed by atoms with Gasteiger partial charge in [-0.3, -0.25) is 4.79 Å². The first-order valence-corrected chi connectivity index (χ1v) is 8.36. The summed E-state index contributed by atoms with van der Waals surface area (Å²) in [5.41, 5.74) is 1.58. The summed E-state index contributed by atoms with van der Waals surface area (Å²) in [6.45, 7) is 2.00. The Kier molecular flexibility index (Phi) is 4.33. The molecule has 0 fully saturated rings. The van der Waals surface area contributed by atoms with Crippen LogP contribution in [0.3, 0.4) is 0 Å². The predicted molar refractivity (Wildman–Crippen MR) is 96.0 cm³/mol. The van der Waals surface area contributed by atoms with E-state index in [-0.39, 0.29) is 5.91 Å². The molecule has 0 aliphatic rings. The van der Waals surface area contributed by atoms with Crippen LogP contribution in [0.25, 0.3) is 10.1 Å². The molecule has 1 N–H and O–H groups in total. The molecule has 0 radical (unpaired) electrons. The van der Waals surface area contributed by atoms with Crippen molar-refractivity contribution in [1.82, 2.24) is 0 Å². The molecule has 0 aliphatic carbocycles. The number of hydrogen-bond donors (Lipinski definition) is 1. The summed E-state index contributed by atoms with van der Waals surface area (Å²) in [4.78, 5) is 12.9. The Balaban J connectivity index is 1.99. The second-order valence-corrected chi connectivity index (χ2v) is 7.02. The zero-order valence-corrected chi connectivity index (χ0v) is 14.5. The molecule has 22 heavy (non-hydrogen) atoms. The van der Waals surface area contributed by atoms with Gasteiger partial charge >= 0.3 is 0 Å². The van der Waals surface area contributed by atoms with Gasteiger partial charge in [0.15, 0.2) is 0 Å². The maximum Gasteiger partial charge on any atom is 0.267 e. The lowest BCUT2D eigenvalue weighted by Crippen LogP contribution is -2.11. The standard InChI is InChI=1S/C16H10Cl3NOS/c1-8-5-6-9-12(7-8)22-15(13(9)18)16(21)20-11-4-2-3-10(17)14(11)19/h2-7H,1H3,(H,20,21). The number of thiophene rings is 1. The van der Waals surface area contributed by atoms with Gasteiger partial charge in [-0.2, -0.15) is 0 Å². The van der Waals surface area contributed by atoms with Crippen molar-refractivity contribution in [2.45, 2.75) is 6.92 Å². The van der Waals surface area contributed by atoms with Crippen LogP contribution < -0.4 is 5.32 Å². The largest absolute Gasteiger partial charge is 0.320 e. The van der Waals surface area contributed by atoms with Gasteiger partial charge < -0.3 is 5.32 Å². The van der Waals surface area contributed by atoms with Gasteiger partial charge in [-0.05, 0) is 30.7 Å². The van der Waals surface area contributed by atoms with Gasteiger partial charge in [0.1, 0.15) is 4.88 Å². The van der Waals surface area contributed by atoms with Gasteiger partial charge in [0, 0.05) is 10.1 Å². The minimum Gasteiger partial charge on any atom is -0.320 e. The molecule has 0 bridgehead atoms. The normalized spacial score (nSPS) is 10.9. The predicted octanol–water partition coefficient (Wildman–Crippen LogP) is 6.42. The third-order valence-electron chi connectivity index (χ3n) is 3.19. The lowest BCUT2D eigenvalue weighted by molar-refractivity contribution is 0.103. The van der Waals surface area contributed by atoms with Crippen LogP contribution in [0.4, 0.5) is 5.69 Å². The van der Waals surface area contributed by atoms with Gasteiger partial charge in [0.2, 0.25) is 0 Å². The van der Waals surface area contributed by atoms with E-state index in [0.29, 0.717) is 25.6 Å². The second kappa shape index (κ2) is 6.09. The molecule has 1 amide bonds. The number of aryl methyl sites for hydroxylation is 1. The van der Waals surface area contributed by atoms with Crippen LogP contribution in [0.1, 0.15) is 15.2 Å². The highest BCUT2D eigenvalue weighted by atomic mass is 35.5. The number of nitrogens with one attached hydrogen (secondary N) is 1. The van der Waals surface area contributed by atoms with E-state index in [1.165, 1.54) is 11.3 Å². The van der Waals surface area contributed by atoms with E-state index in [9.17, 15) is 4.79 Å². The lowest BCUT2D eigenvalue weighted by atomic mass is 10.2. The van der Waals surface area contributed by atoms with Crippen molar-refractivity contribution in [1.29, 1.82) is 0 Å². The van der Waals surface area contributed by atoms with Gasteiger partial charge in [-0.15, -0.1) is 11.3 Å². The molecule has 0 spiro atoms. The minimum atomic E-state index is -0.298. The summed E-state index contributed by atoms with van der Waals surface area (Å²) in [7, 11) is 0. The van der Waals surface area contributed by atoms with E-state index in [0.717, 1.165) is 15.6 Å². The van der Waals surface area contributed by atoms with Crippen LogP contribution in [0.15, 0.2) is 36.4 Å². The Hall–Kier alpha value is -1.26. The third-order valence-corrected chi connectivity index (χ3v) is 5.67. The Morgan fingerprint density at radius 3 is 2.64 bits per heavy atom. The third kappa shape index (κ3) is 2.82. The molecule has 0 aliphatic heterocycles. The number of amides is 1. The summed E-state index contributed by atoms with van der Waals surface area (Å²) >= 11 is 19.7. The number of anilines is 1. The molecule has 6 heteroatoms. The van der Waals surface area contributed by atoms with E-state index in [2.05, 4.69) is 5.32 Å². The van der Waals surface area contributed by atoms with Gasteiger partial charge in [-0.25, -0.2) is 0 Å². The minimum absolute atomic E-state index is 0.298. The fourth-order valence-corrected chi connectivity index (χ4v) is 3.96. The highest BCUT2D eigenvalue weighted by Gasteiger charge is 2.18. The zero-order valence-electron chi connectivity index (χ0n) is 11.4. The highest BCUT2D eigenvalue weighted by molar-refractivity contribution is 7.21. The van der Waals surface area contributed by atoms with E-state index in [1.54, 1.807) is 18.2 Å². The lowest BCUT2D eigenvalue weighted by Gasteiger charge is -2.07. The molecule has 1 heterocycles. The number of hydrogen-bond acceptors (Lipinski definition) is 2. The van der Waals surface area contributed by atoms with Crippen molar-refractivity contribution in [3.8, 4) is 0 Å². The molecule has 0 atom stereocenters. The fourth-order valence-electron chi connectivity index (χ4n) is 2.10. The number of rotatable bonds is 2. The van der Waals surface area contributed by atoms with Crippen LogP contribution in [0.5, 0.6) is 0 Å². The molecule has 112 valence electrons. The summed E-state index contributed by atoms with van der Waals surface area (Å²) < 4.78 is 0.979. The molecule has 2 aromatic carbocycles. The molecule has 1 aromatic heterocycles. The quantitative estimate of drug-likeness (QED) is 0.554. The smallest absolute Gasteiger partial charge is 0.267 e. The first-order chi connectivity index (χ1) is 10.5. The van der Waals surface area contributed by atoms with E-state index in [1.807, 2.05) is 25.1 Å². The Morgan fingerprint density at radius 2 is 1.86 bits per heavy atom.